The molecular formula is C17H24ClNO3Si. The van der Waals surface area contributed by atoms with E-state index >= 15 is 0 Å². The Balaban J connectivity index is 2.94. The lowest BCUT2D eigenvalue weighted by molar-refractivity contribution is -0.141. The van der Waals surface area contributed by atoms with E-state index in [1.807, 2.05) is 19.9 Å². The number of benzene rings is 1. The van der Waals surface area contributed by atoms with Gasteiger partial charge in [-0.05, 0) is 31.0 Å². The first-order chi connectivity index (χ1) is 10.6. The monoisotopic (exact) mass is 353 g/mol. The average Bonchev–Trinajstić information content (AvgIpc) is 2.73. The van der Waals surface area contributed by atoms with Gasteiger partial charge >= 0.3 is 5.97 Å². The molecule has 2 N–H and O–H groups in total. The van der Waals surface area contributed by atoms with Crippen molar-refractivity contribution in [2.24, 2.45) is 0 Å². The molecule has 0 radical (unpaired) electrons. The van der Waals surface area contributed by atoms with E-state index in [0.717, 1.165) is 22.2 Å². The Kier molecular flexibility index (Phi) is 4.57. The van der Waals surface area contributed by atoms with Crippen molar-refractivity contribution in [1.29, 1.82) is 0 Å². The van der Waals surface area contributed by atoms with Gasteiger partial charge in [0.25, 0.3) is 0 Å². The summed E-state index contributed by atoms with van der Waals surface area (Å²) in [6.07, 6.45) is 0.552. The van der Waals surface area contributed by atoms with Crippen molar-refractivity contribution in [3.8, 4) is 5.75 Å². The minimum atomic E-state index is -2.09. The highest BCUT2D eigenvalue weighted by atomic mass is 35.5. The van der Waals surface area contributed by atoms with Crippen LogP contribution < -0.4 is 4.74 Å². The second kappa shape index (κ2) is 5.87. The zero-order valence-corrected chi connectivity index (χ0v) is 16.3. The molecule has 1 aromatic carbocycles. The van der Waals surface area contributed by atoms with Crippen LogP contribution in [0.5, 0.6) is 5.75 Å². The molecule has 0 spiro atoms. The van der Waals surface area contributed by atoms with Gasteiger partial charge in [0, 0.05) is 16.6 Å². The van der Waals surface area contributed by atoms with Gasteiger partial charge in [0.05, 0.1) is 25.2 Å². The molecule has 0 fully saturated rings. The number of fused-ring (bicyclic) bond motifs is 1. The minimum Gasteiger partial charge on any atom is -0.495 e. The van der Waals surface area contributed by atoms with E-state index in [9.17, 15) is 9.90 Å². The zero-order chi connectivity index (χ0) is 17.6. The van der Waals surface area contributed by atoms with E-state index < -0.39 is 19.1 Å². The molecule has 1 atom stereocenters. The molecule has 1 aromatic heterocycles. The largest absolute Gasteiger partial charge is 0.495 e. The average molecular weight is 354 g/mol. The lowest BCUT2D eigenvalue weighted by Crippen LogP contribution is -2.55. The molecule has 2 aromatic rings. The Morgan fingerprint density at radius 1 is 1.39 bits per heavy atom. The molecule has 6 heteroatoms. The number of rotatable bonds is 5. The maximum Gasteiger partial charge on any atom is 0.311 e. The summed E-state index contributed by atoms with van der Waals surface area (Å²) >= 11 is 6.21. The molecule has 1 heterocycles. The Morgan fingerprint density at radius 3 is 2.43 bits per heavy atom. The summed E-state index contributed by atoms with van der Waals surface area (Å²) in [6, 6.07) is 3.66. The first-order valence-electron chi connectivity index (χ1n) is 7.69. The van der Waals surface area contributed by atoms with Crippen LogP contribution in [0.15, 0.2) is 12.1 Å². The van der Waals surface area contributed by atoms with Crippen molar-refractivity contribution >= 4 is 36.5 Å². The van der Waals surface area contributed by atoms with Crippen LogP contribution >= 0.6 is 11.6 Å². The van der Waals surface area contributed by atoms with Gasteiger partial charge < -0.3 is 14.8 Å². The summed E-state index contributed by atoms with van der Waals surface area (Å²) < 4.78 is 5.33. The fourth-order valence-corrected chi connectivity index (χ4v) is 6.71. The van der Waals surface area contributed by atoms with E-state index in [-0.39, 0.29) is 0 Å². The number of aryl methyl sites for hydroxylation is 1. The smallest absolute Gasteiger partial charge is 0.311 e. The number of aromatic nitrogens is 1. The van der Waals surface area contributed by atoms with Crippen molar-refractivity contribution in [3.63, 3.8) is 0 Å². The second-order valence-corrected chi connectivity index (χ2v) is 12.7. The normalized spacial score (nSPS) is 14.7. The van der Waals surface area contributed by atoms with Gasteiger partial charge in [-0.3, -0.25) is 4.79 Å². The minimum absolute atomic E-state index is 0.512. The van der Waals surface area contributed by atoms with Gasteiger partial charge in [-0.15, -0.1) is 0 Å². The fraction of sp³-hybridized carbons (Fsp3) is 0.471. The highest BCUT2D eigenvalue weighted by Crippen LogP contribution is 2.45. The summed E-state index contributed by atoms with van der Waals surface area (Å²) in [4.78, 5) is 15.7. The number of carbonyl (C=O) groups is 1. The number of aliphatic carboxylic acids is 1. The highest BCUT2D eigenvalue weighted by molar-refractivity contribution is 6.82. The maximum absolute atomic E-state index is 12.4. The van der Waals surface area contributed by atoms with Crippen LogP contribution in [0.4, 0.5) is 0 Å². The van der Waals surface area contributed by atoms with Crippen LogP contribution in [0.1, 0.15) is 24.6 Å². The number of nitrogens with one attached hydrogen (secondary N) is 1. The summed E-state index contributed by atoms with van der Waals surface area (Å²) in [5.41, 5.74) is 2.60. The number of aromatic amines is 1. The molecular weight excluding hydrogens is 330 g/mol. The number of carboxylic acids is 1. The topological polar surface area (TPSA) is 62.3 Å². The van der Waals surface area contributed by atoms with E-state index in [0.29, 0.717) is 17.2 Å². The molecule has 4 nitrogen and oxygen atoms in total. The maximum atomic E-state index is 12.4. The molecule has 0 aliphatic heterocycles. The van der Waals surface area contributed by atoms with Crippen molar-refractivity contribution in [3.05, 3.63) is 28.4 Å². The lowest BCUT2D eigenvalue weighted by atomic mass is 9.92. The first-order valence-corrected chi connectivity index (χ1v) is 11.6. The van der Waals surface area contributed by atoms with Crippen LogP contribution in [0.25, 0.3) is 10.9 Å². The number of methoxy groups -OCH3 is 1. The van der Waals surface area contributed by atoms with Crippen LogP contribution in [0, 0.1) is 6.92 Å². The Morgan fingerprint density at radius 2 is 2.00 bits per heavy atom. The van der Waals surface area contributed by atoms with E-state index in [4.69, 9.17) is 16.3 Å². The summed E-state index contributed by atoms with van der Waals surface area (Å²) in [5.74, 6) is -0.192. The van der Waals surface area contributed by atoms with E-state index in [1.54, 1.807) is 13.2 Å². The SMILES string of the molecule is CCC(C(=O)O)(c1c(C)[nH]c2cc(Cl)c(OC)cc12)[Si](C)(C)C. The van der Waals surface area contributed by atoms with E-state index in [1.165, 1.54) is 0 Å². The van der Waals surface area contributed by atoms with Crippen LogP contribution in [0.2, 0.25) is 24.7 Å². The molecule has 0 aliphatic carbocycles. The number of ether oxygens (including phenoxy) is 1. The Labute approximate surface area is 142 Å². The summed E-state index contributed by atoms with van der Waals surface area (Å²) in [5, 5.41) is 10.7. The molecule has 1 unspecified atom stereocenters. The lowest BCUT2D eigenvalue weighted by Gasteiger charge is -2.40. The number of halogens is 1. The highest BCUT2D eigenvalue weighted by Gasteiger charge is 2.52. The third kappa shape index (κ3) is 2.56. The number of hydrogen-bond donors (Lipinski definition) is 2. The standard InChI is InChI=1S/C17H24ClNO3Si/c1-7-17(16(20)21,23(4,5)6)15-10(2)19-13-9-12(18)14(22-3)8-11(13)15/h8-9,19H,7H2,1-6H3,(H,20,21). The van der Waals surface area contributed by atoms with Gasteiger partial charge in [0.1, 0.15) is 5.75 Å². The van der Waals surface area contributed by atoms with Crippen molar-refractivity contribution in [1.82, 2.24) is 4.98 Å². The fourth-order valence-electron chi connectivity index (χ4n) is 3.70. The third-order valence-electron chi connectivity index (χ3n) is 4.86. The number of carboxylic acid groups (broad SMARTS) is 1. The molecule has 0 bridgehead atoms. The van der Waals surface area contributed by atoms with Gasteiger partial charge in [0.2, 0.25) is 0 Å². The van der Waals surface area contributed by atoms with Crippen molar-refractivity contribution in [2.45, 2.75) is 44.9 Å². The molecule has 0 aliphatic rings. The van der Waals surface area contributed by atoms with Gasteiger partial charge in [-0.1, -0.05) is 38.2 Å². The van der Waals surface area contributed by atoms with Crippen LogP contribution in [-0.4, -0.2) is 31.2 Å². The predicted molar refractivity (Wildman–Crippen MR) is 97.5 cm³/mol. The predicted octanol–water partition coefficient (Wildman–Crippen LogP) is 4.75. The number of H-pyrrole nitrogens is 1. The summed E-state index contributed by atoms with van der Waals surface area (Å²) in [7, 11) is -0.523. The van der Waals surface area contributed by atoms with Crippen molar-refractivity contribution < 1.29 is 14.6 Å². The summed E-state index contributed by atoms with van der Waals surface area (Å²) in [6.45, 7) is 10.2. The first kappa shape index (κ1) is 17.9. The Bertz CT molecular complexity index is 763. The van der Waals surface area contributed by atoms with Crippen LogP contribution in [0.3, 0.4) is 0 Å². The molecule has 23 heavy (non-hydrogen) atoms. The van der Waals surface area contributed by atoms with Crippen LogP contribution in [-0.2, 0) is 9.83 Å². The molecule has 2 rings (SSSR count). The molecule has 0 amide bonds. The zero-order valence-electron chi connectivity index (χ0n) is 14.5. The van der Waals surface area contributed by atoms with Crippen molar-refractivity contribution in [2.75, 3.05) is 7.11 Å². The molecule has 0 saturated heterocycles. The number of hydrogen-bond acceptors (Lipinski definition) is 2. The molecule has 126 valence electrons. The third-order valence-corrected chi connectivity index (χ3v) is 8.53. The molecule has 0 saturated carbocycles. The second-order valence-electron chi connectivity index (χ2n) is 6.97. The van der Waals surface area contributed by atoms with Gasteiger partial charge in [0.15, 0.2) is 0 Å². The van der Waals surface area contributed by atoms with Gasteiger partial charge in [-0.25, -0.2) is 0 Å². The Hall–Kier alpha value is -1.46. The van der Waals surface area contributed by atoms with E-state index in [2.05, 4.69) is 24.6 Å². The van der Waals surface area contributed by atoms with Gasteiger partial charge in [-0.2, -0.15) is 0 Å². The quantitative estimate of drug-likeness (QED) is 0.762.